The third-order valence-corrected chi connectivity index (χ3v) is 3.94. The molecule has 18 heavy (non-hydrogen) atoms. The molecule has 4 heteroatoms. The fourth-order valence-corrected chi connectivity index (χ4v) is 2.91. The highest BCUT2D eigenvalue weighted by Crippen LogP contribution is 2.31. The molecular formula is C14H20BrNO2. The van der Waals surface area contributed by atoms with Crippen molar-refractivity contribution in [2.45, 2.75) is 38.3 Å². The summed E-state index contributed by atoms with van der Waals surface area (Å²) < 4.78 is 12.2. The predicted molar refractivity (Wildman–Crippen MR) is 75.8 cm³/mol. The van der Waals surface area contributed by atoms with E-state index in [0.717, 1.165) is 35.2 Å². The molecule has 0 amide bonds. The van der Waals surface area contributed by atoms with Gasteiger partial charge in [0.2, 0.25) is 0 Å². The molecule has 1 aliphatic heterocycles. The molecule has 1 heterocycles. The van der Waals surface area contributed by atoms with Crippen LogP contribution in [-0.4, -0.2) is 19.3 Å². The summed E-state index contributed by atoms with van der Waals surface area (Å²) in [5.41, 5.74) is 7.39. The van der Waals surface area contributed by atoms with Crippen molar-refractivity contribution in [1.82, 2.24) is 0 Å². The lowest BCUT2D eigenvalue weighted by atomic mass is 9.96. The summed E-state index contributed by atoms with van der Waals surface area (Å²) in [4.78, 5) is 0. The lowest BCUT2D eigenvalue weighted by Crippen LogP contribution is -2.32. The van der Waals surface area contributed by atoms with E-state index in [4.69, 9.17) is 15.2 Å². The molecule has 0 aromatic heterocycles. The van der Waals surface area contributed by atoms with Gasteiger partial charge in [0.15, 0.2) is 0 Å². The Balaban J connectivity index is 2.11. The lowest BCUT2D eigenvalue weighted by molar-refractivity contribution is -0.000126. The van der Waals surface area contributed by atoms with Crippen LogP contribution in [0.25, 0.3) is 0 Å². The molecule has 0 radical (unpaired) electrons. The van der Waals surface area contributed by atoms with Gasteiger partial charge in [0.05, 0.1) is 18.8 Å². The minimum Gasteiger partial charge on any atom is -0.494 e. The van der Waals surface area contributed by atoms with E-state index in [1.54, 1.807) is 0 Å². The average molecular weight is 314 g/mol. The maximum atomic E-state index is 6.30. The first kappa shape index (κ1) is 13.8. The van der Waals surface area contributed by atoms with Gasteiger partial charge in [-0.3, -0.25) is 0 Å². The molecule has 1 saturated heterocycles. The Labute approximate surface area is 117 Å². The number of halogens is 1. The monoisotopic (exact) mass is 313 g/mol. The minimum atomic E-state index is -0.0737. The Bertz CT molecular complexity index is 391. The van der Waals surface area contributed by atoms with Gasteiger partial charge in [-0.1, -0.05) is 22.0 Å². The van der Waals surface area contributed by atoms with Crippen LogP contribution < -0.4 is 10.5 Å². The van der Waals surface area contributed by atoms with Gasteiger partial charge in [0.25, 0.3) is 0 Å². The largest absolute Gasteiger partial charge is 0.494 e. The van der Waals surface area contributed by atoms with E-state index in [0.29, 0.717) is 6.61 Å². The second kappa shape index (κ2) is 6.55. The zero-order chi connectivity index (χ0) is 13.0. The predicted octanol–water partition coefficient (Wildman–Crippen LogP) is 3.42. The minimum absolute atomic E-state index is 0.0737. The molecule has 0 saturated carbocycles. The van der Waals surface area contributed by atoms with Crippen molar-refractivity contribution in [3.63, 3.8) is 0 Å². The van der Waals surface area contributed by atoms with Crippen molar-refractivity contribution in [2.24, 2.45) is 5.73 Å². The third kappa shape index (κ3) is 3.25. The third-order valence-electron chi connectivity index (χ3n) is 3.26. The van der Waals surface area contributed by atoms with E-state index in [2.05, 4.69) is 15.9 Å². The fraction of sp³-hybridized carbons (Fsp3) is 0.571. The maximum Gasteiger partial charge on any atom is 0.120 e. The van der Waals surface area contributed by atoms with Gasteiger partial charge in [0.1, 0.15) is 5.75 Å². The lowest BCUT2D eigenvalue weighted by Gasteiger charge is -2.28. The molecule has 1 aromatic carbocycles. The molecule has 3 nitrogen and oxygen atoms in total. The second-order valence-electron chi connectivity index (χ2n) is 4.55. The number of nitrogens with two attached hydrogens (primary N) is 1. The summed E-state index contributed by atoms with van der Waals surface area (Å²) in [7, 11) is 0. The van der Waals surface area contributed by atoms with Crippen LogP contribution in [-0.2, 0) is 4.74 Å². The van der Waals surface area contributed by atoms with Crippen molar-refractivity contribution in [2.75, 3.05) is 13.2 Å². The van der Waals surface area contributed by atoms with E-state index >= 15 is 0 Å². The summed E-state index contributed by atoms with van der Waals surface area (Å²) in [6.45, 7) is 3.47. The molecule has 2 rings (SSSR count). The van der Waals surface area contributed by atoms with Crippen LogP contribution in [0, 0.1) is 0 Å². The first-order valence-corrected chi connectivity index (χ1v) is 7.31. The highest BCUT2D eigenvalue weighted by atomic mass is 79.9. The number of benzene rings is 1. The zero-order valence-corrected chi connectivity index (χ0v) is 12.3. The number of hydrogen-bond donors (Lipinski definition) is 1. The summed E-state index contributed by atoms with van der Waals surface area (Å²) in [5, 5.41) is 0. The van der Waals surface area contributed by atoms with Gasteiger partial charge in [-0.05, 0) is 43.9 Å². The van der Waals surface area contributed by atoms with Gasteiger partial charge in [-0.15, -0.1) is 0 Å². The van der Waals surface area contributed by atoms with Gasteiger partial charge < -0.3 is 15.2 Å². The Hall–Kier alpha value is -0.580. The fourth-order valence-electron chi connectivity index (χ4n) is 2.28. The molecule has 1 aliphatic rings. The van der Waals surface area contributed by atoms with Crippen molar-refractivity contribution in [1.29, 1.82) is 0 Å². The molecule has 2 atom stereocenters. The van der Waals surface area contributed by atoms with E-state index in [1.165, 1.54) is 6.42 Å². The second-order valence-corrected chi connectivity index (χ2v) is 5.40. The van der Waals surface area contributed by atoms with E-state index in [1.807, 2.05) is 25.1 Å². The highest BCUT2D eigenvalue weighted by Gasteiger charge is 2.24. The van der Waals surface area contributed by atoms with Gasteiger partial charge in [-0.2, -0.15) is 0 Å². The van der Waals surface area contributed by atoms with Crippen LogP contribution in [0.15, 0.2) is 22.7 Å². The summed E-state index contributed by atoms with van der Waals surface area (Å²) in [6.07, 6.45) is 3.52. The van der Waals surface area contributed by atoms with Crippen LogP contribution in [0.2, 0.25) is 0 Å². The highest BCUT2D eigenvalue weighted by molar-refractivity contribution is 9.10. The molecule has 1 aromatic rings. The van der Waals surface area contributed by atoms with Crippen molar-refractivity contribution in [3.8, 4) is 5.75 Å². The molecule has 2 unspecified atom stereocenters. The van der Waals surface area contributed by atoms with Crippen molar-refractivity contribution >= 4 is 15.9 Å². The average Bonchev–Trinajstić information content (AvgIpc) is 2.40. The smallest absolute Gasteiger partial charge is 0.120 e. The molecule has 0 spiro atoms. The molecule has 100 valence electrons. The summed E-state index contributed by atoms with van der Waals surface area (Å²) in [5.74, 6) is 0.866. The summed E-state index contributed by atoms with van der Waals surface area (Å²) >= 11 is 3.57. The number of rotatable bonds is 4. The van der Waals surface area contributed by atoms with Crippen LogP contribution in [0.3, 0.4) is 0 Å². The quantitative estimate of drug-likeness (QED) is 0.926. The van der Waals surface area contributed by atoms with Crippen LogP contribution in [0.4, 0.5) is 0 Å². The van der Waals surface area contributed by atoms with E-state index in [9.17, 15) is 0 Å². The zero-order valence-electron chi connectivity index (χ0n) is 10.7. The summed E-state index contributed by atoms with van der Waals surface area (Å²) in [6, 6.07) is 5.89. The van der Waals surface area contributed by atoms with Gasteiger partial charge >= 0.3 is 0 Å². The van der Waals surface area contributed by atoms with Crippen LogP contribution in [0.5, 0.6) is 5.75 Å². The molecule has 1 fully saturated rings. The van der Waals surface area contributed by atoms with Gasteiger partial charge in [-0.25, -0.2) is 0 Å². The van der Waals surface area contributed by atoms with E-state index in [-0.39, 0.29) is 12.1 Å². The number of hydrogen-bond acceptors (Lipinski definition) is 3. The van der Waals surface area contributed by atoms with Crippen molar-refractivity contribution < 1.29 is 9.47 Å². The Morgan fingerprint density at radius 2 is 2.33 bits per heavy atom. The molecule has 2 N–H and O–H groups in total. The molecule has 0 bridgehead atoms. The Morgan fingerprint density at radius 3 is 2.94 bits per heavy atom. The number of ether oxygens (including phenoxy) is 2. The molecule has 0 aliphatic carbocycles. The normalized spacial score (nSPS) is 21.6. The van der Waals surface area contributed by atoms with Gasteiger partial charge in [0, 0.05) is 11.1 Å². The Kier molecular flexibility index (Phi) is 5.03. The molecular weight excluding hydrogens is 294 g/mol. The van der Waals surface area contributed by atoms with Crippen LogP contribution in [0.1, 0.15) is 37.8 Å². The topological polar surface area (TPSA) is 44.5 Å². The maximum absolute atomic E-state index is 6.30. The van der Waals surface area contributed by atoms with E-state index < -0.39 is 0 Å². The van der Waals surface area contributed by atoms with Crippen molar-refractivity contribution in [3.05, 3.63) is 28.2 Å². The van der Waals surface area contributed by atoms with Crippen LogP contribution >= 0.6 is 15.9 Å². The SMILES string of the molecule is CCOc1ccc(C(N)C2CCCCO2)c(Br)c1. The Morgan fingerprint density at radius 1 is 1.50 bits per heavy atom. The standard InChI is InChI=1S/C14H20BrNO2/c1-2-17-10-6-7-11(12(15)9-10)14(16)13-5-3-4-8-18-13/h6-7,9,13-14H,2-5,8,16H2,1H3. The first-order valence-electron chi connectivity index (χ1n) is 6.51. The first-order chi connectivity index (χ1) is 8.72.